The van der Waals surface area contributed by atoms with E-state index in [9.17, 15) is 18.0 Å². The Bertz CT molecular complexity index is 610. The highest BCUT2D eigenvalue weighted by molar-refractivity contribution is 7.88. The molecule has 2 aliphatic rings. The molecule has 0 bridgehead atoms. The maximum Gasteiger partial charge on any atom is 0.318 e. The second-order valence-corrected chi connectivity index (χ2v) is 8.95. The van der Waals surface area contributed by atoms with E-state index in [0.717, 1.165) is 23.4 Å². The lowest BCUT2D eigenvalue weighted by Crippen LogP contribution is -2.51. The average molecular weight is 392 g/mol. The van der Waals surface area contributed by atoms with Crippen molar-refractivity contribution in [1.29, 1.82) is 0 Å². The summed E-state index contributed by atoms with van der Waals surface area (Å²) in [4.78, 5) is 25.0. The number of rotatable bonds is 8. The summed E-state index contributed by atoms with van der Waals surface area (Å²) in [7, 11) is -3.67. The van der Waals surface area contributed by atoms with Crippen LogP contribution in [0, 0.1) is 0 Å². The van der Waals surface area contributed by atoms with E-state index in [-0.39, 0.29) is 31.2 Å². The Balaban J connectivity index is 1.85. The zero-order valence-corrected chi connectivity index (χ0v) is 16.1. The van der Waals surface area contributed by atoms with Gasteiger partial charge in [0.25, 0.3) is 0 Å². The highest BCUT2D eigenvalue weighted by Crippen LogP contribution is 2.23. The molecule has 2 saturated heterocycles. The number of hydrogen-bond donors (Lipinski definition) is 1. The van der Waals surface area contributed by atoms with Crippen LogP contribution in [0.1, 0.15) is 32.6 Å². The lowest BCUT2D eigenvalue weighted by molar-refractivity contribution is -0.141. The van der Waals surface area contributed by atoms with Crippen LogP contribution in [0.3, 0.4) is 0 Å². The van der Waals surface area contributed by atoms with E-state index in [0.29, 0.717) is 26.0 Å². The predicted molar refractivity (Wildman–Crippen MR) is 93.2 cm³/mol. The van der Waals surface area contributed by atoms with Gasteiger partial charge in [0, 0.05) is 26.1 Å². The molecule has 9 nitrogen and oxygen atoms in total. The van der Waals surface area contributed by atoms with Crippen molar-refractivity contribution in [2.75, 3.05) is 39.0 Å². The van der Waals surface area contributed by atoms with Gasteiger partial charge in [-0.05, 0) is 26.2 Å². The molecule has 2 heterocycles. The molecule has 1 N–H and O–H groups in total. The van der Waals surface area contributed by atoms with Crippen LogP contribution in [-0.2, 0) is 29.1 Å². The molecular formula is C16H28N2O7S. The molecule has 0 radical (unpaired) electrons. The molecule has 0 spiro atoms. The lowest BCUT2D eigenvalue weighted by Gasteiger charge is -2.35. The maximum absolute atomic E-state index is 12.4. The minimum atomic E-state index is -3.67. The summed E-state index contributed by atoms with van der Waals surface area (Å²) < 4.78 is 35.6. The number of sulfonamides is 1. The fraction of sp³-hybridized carbons (Fsp3) is 0.875. The molecule has 2 aliphatic heterocycles. The van der Waals surface area contributed by atoms with Gasteiger partial charge in [-0.15, -0.1) is 0 Å². The number of carboxylic acid groups (broad SMARTS) is 1. The van der Waals surface area contributed by atoms with Crippen LogP contribution in [0.4, 0.5) is 0 Å². The van der Waals surface area contributed by atoms with E-state index < -0.39 is 28.6 Å². The van der Waals surface area contributed by atoms with Gasteiger partial charge in [0.1, 0.15) is 6.54 Å². The summed E-state index contributed by atoms with van der Waals surface area (Å²) in [6.45, 7) is 2.33. The van der Waals surface area contributed by atoms with Gasteiger partial charge in [0.05, 0.1) is 31.2 Å². The fourth-order valence-corrected chi connectivity index (χ4v) is 4.07. The Morgan fingerprint density at radius 2 is 2.00 bits per heavy atom. The average Bonchev–Trinajstić information content (AvgIpc) is 2.96. The van der Waals surface area contributed by atoms with Crippen molar-refractivity contribution in [3.05, 3.63) is 0 Å². The number of carbonyl (C=O) groups is 2. The smallest absolute Gasteiger partial charge is 0.318 e. The normalized spacial score (nSPS) is 27.0. The third-order valence-corrected chi connectivity index (χ3v) is 5.90. The Kier molecular flexibility index (Phi) is 7.39. The SMILES string of the molecule is C[C@@H]1CC[C@@H](CCC(=O)N2CCO[C@H](CN(CC(=O)O)S(C)(=O)=O)C2)O1. The Morgan fingerprint density at radius 3 is 2.58 bits per heavy atom. The zero-order chi connectivity index (χ0) is 19.3. The number of morpholine rings is 1. The molecule has 0 aromatic carbocycles. The van der Waals surface area contributed by atoms with Gasteiger partial charge in [-0.3, -0.25) is 9.59 Å². The molecule has 150 valence electrons. The predicted octanol–water partition coefficient (Wildman–Crippen LogP) is -0.0923. The number of hydrogen-bond acceptors (Lipinski definition) is 6. The van der Waals surface area contributed by atoms with Crippen LogP contribution in [0.25, 0.3) is 0 Å². The molecule has 0 unspecified atom stereocenters. The van der Waals surface area contributed by atoms with Crippen molar-refractivity contribution in [3.8, 4) is 0 Å². The van der Waals surface area contributed by atoms with Crippen LogP contribution in [0.5, 0.6) is 0 Å². The van der Waals surface area contributed by atoms with Gasteiger partial charge in [-0.25, -0.2) is 8.42 Å². The molecule has 10 heteroatoms. The second-order valence-electron chi connectivity index (χ2n) is 6.97. The fourth-order valence-electron chi connectivity index (χ4n) is 3.29. The molecule has 2 rings (SSSR count). The summed E-state index contributed by atoms with van der Waals surface area (Å²) in [6.07, 6.45) is 3.85. The molecule has 0 saturated carbocycles. The van der Waals surface area contributed by atoms with Crippen LogP contribution < -0.4 is 0 Å². The number of amides is 1. The van der Waals surface area contributed by atoms with Gasteiger partial charge in [0.15, 0.2) is 0 Å². The number of aliphatic carboxylic acids is 1. The van der Waals surface area contributed by atoms with Gasteiger partial charge >= 0.3 is 5.97 Å². The molecule has 1 amide bonds. The summed E-state index contributed by atoms with van der Waals surface area (Å²) in [6, 6.07) is 0. The first kappa shape index (κ1) is 21.1. The molecule has 0 aromatic rings. The Morgan fingerprint density at radius 1 is 1.27 bits per heavy atom. The van der Waals surface area contributed by atoms with E-state index in [1.807, 2.05) is 6.92 Å². The largest absolute Gasteiger partial charge is 0.480 e. The highest BCUT2D eigenvalue weighted by Gasteiger charge is 2.30. The van der Waals surface area contributed by atoms with Crippen molar-refractivity contribution in [1.82, 2.24) is 9.21 Å². The first-order valence-electron chi connectivity index (χ1n) is 8.87. The first-order chi connectivity index (χ1) is 12.1. The Labute approximate surface area is 154 Å². The molecule has 3 atom stereocenters. The summed E-state index contributed by atoms with van der Waals surface area (Å²) in [5.41, 5.74) is 0. The maximum atomic E-state index is 12.4. The second kappa shape index (κ2) is 9.12. The van der Waals surface area contributed by atoms with Crippen LogP contribution in [0.2, 0.25) is 0 Å². The van der Waals surface area contributed by atoms with Crippen LogP contribution in [0.15, 0.2) is 0 Å². The number of carboxylic acids is 1. The topological polar surface area (TPSA) is 113 Å². The monoisotopic (exact) mass is 392 g/mol. The summed E-state index contributed by atoms with van der Waals surface area (Å²) in [5, 5.41) is 8.89. The van der Waals surface area contributed by atoms with Crippen molar-refractivity contribution < 1.29 is 32.6 Å². The van der Waals surface area contributed by atoms with E-state index in [1.165, 1.54) is 0 Å². The van der Waals surface area contributed by atoms with Gasteiger partial charge in [-0.2, -0.15) is 4.31 Å². The van der Waals surface area contributed by atoms with E-state index in [2.05, 4.69) is 0 Å². The van der Waals surface area contributed by atoms with Crippen LogP contribution >= 0.6 is 0 Å². The number of carbonyl (C=O) groups excluding carboxylic acids is 1. The Hall–Kier alpha value is -1.23. The van der Waals surface area contributed by atoms with Crippen molar-refractivity contribution in [2.45, 2.75) is 50.9 Å². The van der Waals surface area contributed by atoms with Crippen molar-refractivity contribution >= 4 is 21.9 Å². The molecule has 0 aromatic heterocycles. The lowest BCUT2D eigenvalue weighted by atomic mass is 10.1. The summed E-state index contributed by atoms with van der Waals surface area (Å²) in [5.74, 6) is -1.24. The third-order valence-electron chi connectivity index (χ3n) is 4.68. The van der Waals surface area contributed by atoms with Crippen molar-refractivity contribution in [2.24, 2.45) is 0 Å². The first-order valence-corrected chi connectivity index (χ1v) is 10.7. The summed E-state index contributed by atoms with van der Waals surface area (Å²) >= 11 is 0. The third kappa shape index (κ3) is 6.49. The molecule has 26 heavy (non-hydrogen) atoms. The number of ether oxygens (including phenoxy) is 2. The standard InChI is InChI=1S/C16H28N2O7S/c1-12-3-4-13(25-12)5-6-15(19)17-7-8-24-14(9-17)10-18(11-16(20)21)26(2,22)23/h12-14H,3-11H2,1-2H3,(H,20,21)/t12-,13+,14+/m1/s1. The highest BCUT2D eigenvalue weighted by atomic mass is 32.2. The zero-order valence-electron chi connectivity index (χ0n) is 15.3. The molecule has 0 aliphatic carbocycles. The molecule has 2 fully saturated rings. The minimum Gasteiger partial charge on any atom is -0.480 e. The quantitative estimate of drug-likeness (QED) is 0.614. The van der Waals surface area contributed by atoms with Gasteiger partial charge in [0.2, 0.25) is 15.9 Å². The van der Waals surface area contributed by atoms with Gasteiger partial charge < -0.3 is 19.5 Å². The number of nitrogens with zero attached hydrogens (tertiary/aromatic N) is 2. The van der Waals surface area contributed by atoms with Crippen LogP contribution in [-0.4, -0.2) is 92.0 Å². The minimum absolute atomic E-state index is 0.00871. The van der Waals surface area contributed by atoms with E-state index in [4.69, 9.17) is 14.6 Å². The van der Waals surface area contributed by atoms with Crippen molar-refractivity contribution in [3.63, 3.8) is 0 Å². The van der Waals surface area contributed by atoms with E-state index in [1.54, 1.807) is 4.90 Å². The van der Waals surface area contributed by atoms with Gasteiger partial charge in [-0.1, -0.05) is 0 Å². The van der Waals surface area contributed by atoms with E-state index >= 15 is 0 Å². The molecular weight excluding hydrogens is 364 g/mol.